The summed E-state index contributed by atoms with van der Waals surface area (Å²) in [6.45, 7) is 7.13. The summed E-state index contributed by atoms with van der Waals surface area (Å²) in [6, 6.07) is 8.02. The smallest absolute Gasteiger partial charge is 0.310 e. The lowest BCUT2D eigenvalue weighted by Gasteiger charge is -2.34. The Bertz CT molecular complexity index is 734. The van der Waals surface area contributed by atoms with Crippen LogP contribution >= 0.6 is 0 Å². The minimum Gasteiger partial charge on any atom is -0.466 e. The van der Waals surface area contributed by atoms with Crippen molar-refractivity contribution in [3.05, 3.63) is 29.8 Å². The van der Waals surface area contributed by atoms with Crippen LogP contribution in [0, 0.1) is 5.92 Å². The maximum Gasteiger partial charge on any atom is 0.310 e. The van der Waals surface area contributed by atoms with Gasteiger partial charge in [-0.1, -0.05) is 18.2 Å². The minimum absolute atomic E-state index is 0.000643. The molecule has 1 saturated heterocycles. The molecule has 7 nitrogen and oxygen atoms in total. The van der Waals surface area contributed by atoms with Gasteiger partial charge in [-0.05, 0) is 44.7 Å². The zero-order chi connectivity index (χ0) is 19.9. The number of nitrogens with one attached hydrogen (secondary N) is 1. The number of ether oxygens (including phenoxy) is 1. The Morgan fingerprint density at radius 1 is 1.25 bits per heavy atom. The average Bonchev–Trinajstić information content (AvgIpc) is 3.15. The van der Waals surface area contributed by atoms with Crippen molar-refractivity contribution in [3.8, 4) is 0 Å². The molecule has 0 aliphatic carbocycles. The largest absolute Gasteiger partial charge is 0.466 e. The number of para-hydroxylation sites is 1. The van der Waals surface area contributed by atoms with Crippen LogP contribution in [0.5, 0.6) is 0 Å². The third kappa shape index (κ3) is 4.64. The Morgan fingerprint density at radius 2 is 2.07 bits per heavy atom. The second-order valence-electron chi connectivity index (χ2n) is 7.13. The van der Waals surface area contributed by atoms with E-state index in [0.717, 1.165) is 31.5 Å². The fraction of sp³-hybridized carbons (Fsp3) is 0.571. The van der Waals surface area contributed by atoms with Gasteiger partial charge in [-0.2, -0.15) is 0 Å². The van der Waals surface area contributed by atoms with Crippen molar-refractivity contribution in [1.82, 2.24) is 10.2 Å². The van der Waals surface area contributed by atoms with Crippen LogP contribution in [0.3, 0.4) is 0 Å². The highest BCUT2D eigenvalue weighted by Gasteiger charge is 2.29. The van der Waals surface area contributed by atoms with Gasteiger partial charge in [0, 0.05) is 31.9 Å². The van der Waals surface area contributed by atoms with Crippen molar-refractivity contribution in [2.24, 2.45) is 10.9 Å². The zero-order valence-electron chi connectivity index (χ0n) is 16.8. The Labute approximate surface area is 166 Å². The monoisotopic (exact) mass is 386 g/mol. The van der Waals surface area contributed by atoms with Gasteiger partial charge < -0.3 is 19.9 Å². The second kappa shape index (κ2) is 9.57. The number of likely N-dealkylation sites (tertiary alicyclic amines) is 1. The van der Waals surface area contributed by atoms with Gasteiger partial charge in [-0.25, -0.2) is 4.99 Å². The Morgan fingerprint density at radius 3 is 2.86 bits per heavy atom. The molecule has 1 aromatic rings. The number of anilines is 1. The number of guanidine groups is 1. The molecule has 152 valence electrons. The molecule has 2 aliphatic heterocycles. The molecular formula is C21H30N4O3. The molecule has 0 bridgehead atoms. The number of carbonyl (C=O) groups excluding carboxylic acids is 2. The molecule has 3 rings (SSSR count). The molecule has 1 N–H and O–H groups in total. The van der Waals surface area contributed by atoms with Crippen molar-refractivity contribution in [1.29, 1.82) is 0 Å². The third-order valence-electron chi connectivity index (χ3n) is 5.23. The summed E-state index contributed by atoms with van der Waals surface area (Å²) in [7, 11) is 0. The lowest BCUT2D eigenvalue weighted by Crippen LogP contribution is -2.48. The highest BCUT2D eigenvalue weighted by atomic mass is 16.5. The molecule has 2 heterocycles. The summed E-state index contributed by atoms with van der Waals surface area (Å²) in [5, 5.41) is 3.26. The van der Waals surface area contributed by atoms with Crippen molar-refractivity contribution < 1.29 is 14.3 Å². The molecule has 1 amide bonds. The summed E-state index contributed by atoms with van der Waals surface area (Å²) in [6.07, 6.45) is 2.62. The number of fused-ring (bicyclic) bond motifs is 1. The predicted octanol–water partition coefficient (Wildman–Crippen LogP) is 1.82. The highest BCUT2D eigenvalue weighted by Crippen LogP contribution is 2.27. The van der Waals surface area contributed by atoms with Crippen LogP contribution < -0.4 is 10.2 Å². The summed E-state index contributed by atoms with van der Waals surface area (Å²) < 4.78 is 5.18. The van der Waals surface area contributed by atoms with Gasteiger partial charge >= 0.3 is 5.97 Å². The Balaban J connectivity index is 1.65. The van der Waals surface area contributed by atoms with Crippen molar-refractivity contribution in [2.45, 2.75) is 33.1 Å². The van der Waals surface area contributed by atoms with Gasteiger partial charge in [-0.15, -0.1) is 0 Å². The number of esters is 1. The first-order chi connectivity index (χ1) is 13.6. The second-order valence-corrected chi connectivity index (χ2v) is 7.13. The van der Waals surface area contributed by atoms with Gasteiger partial charge in [0.2, 0.25) is 5.91 Å². The lowest BCUT2D eigenvalue weighted by molar-refractivity contribution is -0.149. The zero-order valence-corrected chi connectivity index (χ0v) is 16.8. The van der Waals surface area contributed by atoms with Crippen LogP contribution in [-0.4, -0.2) is 62.1 Å². The number of aliphatic imine (C=N–C) groups is 1. The summed E-state index contributed by atoms with van der Waals surface area (Å²) in [5.74, 6) is 0.406. The summed E-state index contributed by atoms with van der Waals surface area (Å²) in [4.78, 5) is 33.3. The number of hydrogen-bond acceptors (Lipinski definition) is 4. The van der Waals surface area contributed by atoms with Gasteiger partial charge in [0.05, 0.1) is 12.5 Å². The molecule has 7 heteroatoms. The van der Waals surface area contributed by atoms with Crippen LogP contribution in [0.4, 0.5) is 5.69 Å². The average molecular weight is 386 g/mol. The van der Waals surface area contributed by atoms with Crippen molar-refractivity contribution in [2.75, 3.05) is 44.2 Å². The first-order valence-electron chi connectivity index (χ1n) is 10.2. The van der Waals surface area contributed by atoms with E-state index < -0.39 is 0 Å². The van der Waals surface area contributed by atoms with Gasteiger partial charge in [0.25, 0.3) is 0 Å². The molecule has 0 radical (unpaired) electrons. The maximum absolute atomic E-state index is 12.8. The third-order valence-corrected chi connectivity index (χ3v) is 5.23. The topological polar surface area (TPSA) is 74.2 Å². The van der Waals surface area contributed by atoms with Crippen LogP contribution in [0.1, 0.15) is 32.3 Å². The van der Waals surface area contributed by atoms with E-state index in [4.69, 9.17) is 4.74 Å². The van der Waals surface area contributed by atoms with E-state index in [-0.39, 0.29) is 24.3 Å². The number of benzene rings is 1. The predicted molar refractivity (Wildman–Crippen MR) is 109 cm³/mol. The van der Waals surface area contributed by atoms with Crippen LogP contribution in [0.2, 0.25) is 0 Å². The molecule has 28 heavy (non-hydrogen) atoms. The van der Waals surface area contributed by atoms with Gasteiger partial charge in [0.1, 0.15) is 6.54 Å². The fourth-order valence-corrected chi connectivity index (χ4v) is 3.87. The molecular weight excluding hydrogens is 356 g/mol. The van der Waals surface area contributed by atoms with Crippen molar-refractivity contribution >= 4 is 23.5 Å². The number of nitrogens with zero attached hydrogens (tertiary/aromatic N) is 3. The van der Waals surface area contributed by atoms with E-state index in [1.54, 1.807) is 0 Å². The molecule has 1 aromatic carbocycles. The fourth-order valence-electron chi connectivity index (χ4n) is 3.87. The Hall–Kier alpha value is -2.57. The SMILES string of the molecule is CCNC(=NCC(=O)N1CCc2ccccc21)N1CCCC(C(=O)OCC)C1. The number of piperidine rings is 1. The summed E-state index contributed by atoms with van der Waals surface area (Å²) in [5.41, 5.74) is 2.20. The van der Waals surface area contributed by atoms with Crippen molar-refractivity contribution in [3.63, 3.8) is 0 Å². The van der Waals surface area contributed by atoms with E-state index in [1.807, 2.05) is 36.9 Å². The van der Waals surface area contributed by atoms with Gasteiger partial charge in [0.15, 0.2) is 5.96 Å². The highest BCUT2D eigenvalue weighted by molar-refractivity contribution is 5.98. The standard InChI is InChI=1S/C21H30N4O3/c1-3-22-21(24-12-7-9-17(15-24)20(27)28-4-2)23-14-19(26)25-13-11-16-8-5-6-10-18(16)25/h5-6,8,10,17H,3-4,7,9,11-15H2,1-2H3,(H,22,23). The number of amides is 1. The Kier molecular flexibility index (Phi) is 6.90. The quantitative estimate of drug-likeness (QED) is 0.475. The molecule has 0 aromatic heterocycles. The maximum atomic E-state index is 12.8. The molecule has 1 fully saturated rings. The first kappa shape index (κ1) is 20.2. The number of rotatable bonds is 5. The minimum atomic E-state index is -0.146. The van der Waals surface area contributed by atoms with E-state index in [1.165, 1.54) is 5.56 Å². The lowest BCUT2D eigenvalue weighted by atomic mass is 9.98. The number of carbonyl (C=O) groups is 2. The van der Waals surface area contributed by atoms with E-state index >= 15 is 0 Å². The number of hydrogen-bond donors (Lipinski definition) is 1. The van der Waals surface area contributed by atoms with E-state index in [9.17, 15) is 9.59 Å². The van der Waals surface area contributed by atoms with Crippen LogP contribution in [0.25, 0.3) is 0 Å². The summed E-state index contributed by atoms with van der Waals surface area (Å²) >= 11 is 0. The van der Waals surface area contributed by atoms with Gasteiger partial charge in [-0.3, -0.25) is 9.59 Å². The van der Waals surface area contributed by atoms with E-state index in [0.29, 0.717) is 32.2 Å². The van der Waals surface area contributed by atoms with Crippen LogP contribution in [-0.2, 0) is 20.7 Å². The molecule has 1 unspecified atom stereocenters. The van der Waals surface area contributed by atoms with Crippen LogP contribution in [0.15, 0.2) is 29.3 Å². The molecule has 2 aliphatic rings. The van der Waals surface area contributed by atoms with E-state index in [2.05, 4.69) is 21.3 Å². The normalized spacial score (nSPS) is 19.4. The molecule has 0 spiro atoms. The molecule has 1 atom stereocenters. The first-order valence-corrected chi connectivity index (χ1v) is 10.2. The molecule has 0 saturated carbocycles.